The largest absolute Gasteiger partial charge is 0.495 e. The molecular weight excluding hydrogens is 364 g/mol. The van der Waals surface area contributed by atoms with Crippen LogP contribution in [0.5, 0.6) is 5.75 Å². The van der Waals surface area contributed by atoms with Crippen molar-refractivity contribution in [2.45, 2.75) is 13.8 Å². The lowest BCUT2D eigenvalue weighted by Crippen LogP contribution is -2.14. The molecule has 3 aromatic rings. The van der Waals surface area contributed by atoms with Crippen LogP contribution in [0.2, 0.25) is 5.02 Å². The van der Waals surface area contributed by atoms with Crippen molar-refractivity contribution in [3.8, 4) is 5.75 Å². The first-order valence-electron chi connectivity index (χ1n) is 8.28. The SMILES string of the molecule is COc1ccc(C)cc1Nc1ncc(C(=O)Nc2cccc(Cl)c2C)cn1. The molecule has 1 heterocycles. The van der Waals surface area contributed by atoms with Crippen LogP contribution >= 0.6 is 11.6 Å². The van der Waals surface area contributed by atoms with Crippen molar-refractivity contribution >= 4 is 34.8 Å². The van der Waals surface area contributed by atoms with E-state index in [4.69, 9.17) is 16.3 Å². The summed E-state index contributed by atoms with van der Waals surface area (Å²) in [5.74, 6) is 0.747. The summed E-state index contributed by atoms with van der Waals surface area (Å²) in [6, 6.07) is 11.1. The van der Waals surface area contributed by atoms with Gasteiger partial charge in [-0.2, -0.15) is 0 Å². The molecule has 138 valence electrons. The van der Waals surface area contributed by atoms with E-state index < -0.39 is 0 Å². The number of nitrogens with one attached hydrogen (secondary N) is 2. The normalized spacial score (nSPS) is 10.4. The molecule has 1 aromatic heterocycles. The molecule has 0 atom stereocenters. The molecule has 0 saturated carbocycles. The number of nitrogens with zero attached hydrogens (tertiary/aromatic N) is 2. The summed E-state index contributed by atoms with van der Waals surface area (Å²) in [5, 5.41) is 6.51. The smallest absolute Gasteiger partial charge is 0.258 e. The number of carbonyl (C=O) groups excluding carboxylic acids is 1. The van der Waals surface area contributed by atoms with Crippen LogP contribution in [0.4, 0.5) is 17.3 Å². The number of hydrogen-bond acceptors (Lipinski definition) is 5. The van der Waals surface area contributed by atoms with Crippen LogP contribution in [0.1, 0.15) is 21.5 Å². The summed E-state index contributed by atoms with van der Waals surface area (Å²) in [6.45, 7) is 3.83. The van der Waals surface area contributed by atoms with Gasteiger partial charge in [0.1, 0.15) is 5.75 Å². The molecule has 2 aromatic carbocycles. The molecule has 0 radical (unpaired) electrons. The Kier molecular flexibility index (Phi) is 5.57. The number of amides is 1. The number of methoxy groups -OCH3 is 1. The van der Waals surface area contributed by atoms with E-state index in [1.807, 2.05) is 32.0 Å². The predicted molar refractivity (Wildman–Crippen MR) is 107 cm³/mol. The zero-order valence-electron chi connectivity index (χ0n) is 15.2. The summed E-state index contributed by atoms with van der Waals surface area (Å²) < 4.78 is 5.33. The van der Waals surface area contributed by atoms with Gasteiger partial charge in [-0.1, -0.05) is 23.7 Å². The maximum atomic E-state index is 12.4. The second kappa shape index (κ2) is 8.05. The van der Waals surface area contributed by atoms with Gasteiger partial charge in [-0.15, -0.1) is 0 Å². The molecule has 2 N–H and O–H groups in total. The van der Waals surface area contributed by atoms with Gasteiger partial charge in [0.2, 0.25) is 5.95 Å². The van der Waals surface area contributed by atoms with Crippen molar-refractivity contribution in [1.82, 2.24) is 9.97 Å². The van der Waals surface area contributed by atoms with Crippen molar-refractivity contribution in [3.05, 3.63) is 70.5 Å². The van der Waals surface area contributed by atoms with Gasteiger partial charge in [0.25, 0.3) is 5.91 Å². The molecule has 0 spiro atoms. The summed E-state index contributed by atoms with van der Waals surface area (Å²) in [4.78, 5) is 20.9. The molecule has 0 aliphatic heterocycles. The van der Waals surface area contributed by atoms with Crippen LogP contribution in [-0.4, -0.2) is 23.0 Å². The highest BCUT2D eigenvalue weighted by atomic mass is 35.5. The lowest BCUT2D eigenvalue weighted by atomic mass is 10.2. The van der Waals surface area contributed by atoms with Crippen LogP contribution < -0.4 is 15.4 Å². The minimum Gasteiger partial charge on any atom is -0.495 e. The van der Waals surface area contributed by atoms with Crippen molar-refractivity contribution in [2.24, 2.45) is 0 Å². The number of hydrogen-bond donors (Lipinski definition) is 2. The minimum atomic E-state index is -0.306. The lowest BCUT2D eigenvalue weighted by Gasteiger charge is -2.11. The quantitative estimate of drug-likeness (QED) is 0.665. The van der Waals surface area contributed by atoms with Crippen molar-refractivity contribution in [3.63, 3.8) is 0 Å². The average molecular weight is 383 g/mol. The van der Waals surface area contributed by atoms with Gasteiger partial charge in [-0.05, 0) is 49.2 Å². The first-order valence-corrected chi connectivity index (χ1v) is 8.66. The minimum absolute atomic E-state index is 0.306. The van der Waals surface area contributed by atoms with Crippen LogP contribution in [0.3, 0.4) is 0 Å². The summed E-state index contributed by atoms with van der Waals surface area (Å²) in [6.07, 6.45) is 2.93. The first-order chi connectivity index (χ1) is 13.0. The lowest BCUT2D eigenvalue weighted by molar-refractivity contribution is 0.102. The average Bonchev–Trinajstić information content (AvgIpc) is 2.66. The number of aromatic nitrogens is 2. The maximum Gasteiger partial charge on any atom is 0.258 e. The van der Waals surface area contributed by atoms with E-state index >= 15 is 0 Å². The highest BCUT2D eigenvalue weighted by Gasteiger charge is 2.11. The molecule has 0 saturated heterocycles. The standard InChI is InChI=1S/C20H19ClN4O2/c1-12-7-8-18(27-3)17(9-12)25-20-22-10-14(11-23-20)19(26)24-16-6-4-5-15(21)13(16)2/h4-11H,1-3H3,(H,24,26)(H,22,23,25). The van der Waals surface area contributed by atoms with E-state index in [0.29, 0.717) is 28.0 Å². The van der Waals surface area contributed by atoms with E-state index in [-0.39, 0.29) is 5.91 Å². The van der Waals surface area contributed by atoms with Crippen molar-refractivity contribution in [1.29, 1.82) is 0 Å². The maximum absolute atomic E-state index is 12.4. The number of halogens is 1. The molecule has 0 aliphatic rings. The third-order valence-electron chi connectivity index (χ3n) is 4.03. The van der Waals surface area contributed by atoms with Gasteiger partial charge >= 0.3 is 0 Å². The van der Waals surface area contributed by atoms with E-state index in [9.17, 15) is 4.79 Å². The third-order valence-corrected chi connectivity index (χ3v) is 4.44. The molecule has 0 fully saturated rings. The fraction of sp³-hybridized carbons (Fsp3) is 0.150. The first kappa shape index (κ1) is 18.7. The van der Waals surface area contributed by atoms with Crippen LogP contribution in [0.25, 0.3) is 0 Å². The number of carbonyl (C=O) groups is 1. The van der Waals surface area contributed by atoms with Crippen molar-refractivity contribution < 1.29 is 9.53 Å². The molecule has 0 aliphatic carbocycles. The number of ether oxygens (including phenoxy) is 1. The molecule has 27 heavy (non-hydrogen) atoms. The molecule has 7 heteroatoms. The molecular formula is C20H19ClN4O2. The molecule has 0 unspecified atom stereocenters. The topological polar surface area (TPSA) is 76.1 Å². The van der Waals surface area contributed by atoms with Crippen LogP contribution in [-0.2, 0) is 0 Å². The van der Waals surface area contributed by atoms with Gasteiger partial charge in [0.05, 0.1) is 18.4 Å². The van der Waals surface area contributed by atoms with Gasteiger partial charge in [-0.25, -0.2) is 9.97 Å². The number of aryl methyl sites for hydroxylation is 1. The fourth-order valence-corrected chi connectivity index (χ4v) is 2.66. The van der Waals surface area contributed by atoms with Gasteiger partial charge < -0.3 is 15.4 Å². The molecule has 1 amide bonds. The Balaban J connectivity index is 1.74. The third kappa shape index (κ3) is 4.35. The fourth-order valence-electron chi connectivity index (χ4n) is 2.49. The Morgan fingerprint density at radius 1 is 1.07 bits per heavy atom. The van der Waals surface area contributed by atoms with Crippen molar-refractivity contribution in [2.75, 3.05) is 17.7 Å². The van der Waals surface area contributed by atoms with Crippen LogP contribution in [0, 0.1) is 13.8 Å². The summed E-state index contributed by atoms with van der Waals surface area (Å²) >= 11 is 6.08. The molecule has 0 bridgehead atoms. The van der Waals surface area contributed by atoms with Crippen LogP contribution in [0.15, 0.2) is 48.8 Å². The zero-order valence-corrected chi connectivity index (χ0v) is 16.0. The van der Waals surface area contributed by atoms with Gasteiger partial charge in [-0.3, -0.25) is 4.79 Å². The molecule has 3 rings (SSSR count). The Bertz CT molecular complexity index is 974. The number of anilines is 3. The molecule has 6 nitrogen and oxygen atoms in total. The van der Waals surface area contributed by atoms with E-state index in [0.717, 1.165) is 16.8 Å². The second-order valence-corrected chi connectivity index (χ2v) is 6.40. The van der Waals surface area contributed by atoms with E-state index in [1.165, 1.54) is 12.4 Å². The Hall–Kier alpha value is -3.12. The second-order valence-electron chi connectivity index (χ2n) is 5.99. The highest BCUT2D eigenvalue weighted by molar-refractivity contribution is 6.31. The zero-order chi connectivity index (χ0) is 19.4. The predicted octanol–water partition coefficient (Wildman–Crippen LogP) is 4.75. The van der Waals surface area contributed by atoms with Gasteiger partial charge in [0, 0.05) is 23.1 Å². The Morgan fingerprint density at radius 2 is 1.81 bits per heavy atom. The Morgan fingerprint density at radius 3 is 2.52 bits per heavy atom. The van der Waals surface area contributed by atoms with E-state index in [1.54, 1.807) is 25.3 Å². The summed E-state index contributed by atoms with van der Waals surface area (Å²) in [5.41, 5.74) is 3.63. The Labute approximate surface area is 162 Å². The van der Waals surface area contributed by atoms with E-state index in [2.05, 4.69) is 20.6 Å². The monoisotopic (exact) mass is 382 g/mol. The van der Waals surface area contributed by atoms with Gasteiger partial charge in [0.15, 0.2) is 0 Å². The summed E-state index contributed by atoms with van der Waals surface area (Å²) in [7, 11) is 1.60. The number of rotatable bonds is 5. The highest BCUT2D eigenvalue weighted by Crippen LogP contribution is 2.27. The number of benzene rings is 2.